The molecule has 0 aromatic carbocycles. The minimum Gasteiger partial charge on any atom is -0.375 e. The average Bonchev–Trinajstić information content (AvgIpc) is 2.20. The van der Waals surface area contributed by atoms with Gasteiger partial charge in [-0.15, -0.1) is 0 Å². The summed E-state index contributed by atoms with van der Waals surface area (Å²) in [5, 5.41) is 0.121. The highest BCUT2D eigenvalue weighted by molar-refractivity contribution is 7.80. The van der Waals surface area contributed by atoms with Gasteiger partial charge in [-0.05, 0) is 67.5 Å². The first-order chi connectivity index (χ1) is 8.74. The van der Waals surface area contributed by atoms with Crippen LogP contribution in [-0.4, -0.2) is 11.0 Å². The summed E-state index contributed by atoms with van der Waals surface area (Å²) in [6.45, 7) is 4.72. The van der Waals surface area contributed by atoms with Gasteiger partial charge in [0.15, 0.2) is 5.11 Å². The van der Waals surface area contributed by atoms with E-state index in [0.29, 0.717) is 16.7 Å². The summed E-state index contributed by atoms with van der Waals surface area (Å²) < 4.78 is 0. The third-order valence-corrected chi connectivity index (χ3v) is 5.51. The predicted molar refractivity (Wildman–Crippen MR) is 77.9 cm³/mol. The zero-order valence-corrected chi connectivity index (χ0v) is 12.5. The molecular weight excluding hydrogens is 258 g/mol. The van der Waals surface area contributed by atoms with E-state index in [-0.39, 0.29) is 16.4 Å². The van der Waals surface area contributed by atoms with Gasteiger partial charge < -0.3 is 5.73 Å². The second kappa shape index (κ2) is 3.84. The fourth-order valence-electron chi connectivity index (χ4n) is 5.95. The van der Waals surface area contributed by atoms with Gasteiger partial charge in [-0.25, -0.2) is 0 Å². The third-order valence-electron chi connectivity index (χ3n) is 5.41. The van der Waals surface area contributed by atoms with E-state index in [4.69, 9.17) is 18.0 Å². The highest BCUT2D eigenvalue weighted by atomic mass is 32.1. The van der Waals surface area contributed by atoms with Gasteiger partial charge in [0.25, 0.3) is 0 Å². The van der Waals surface area contributed by atoms with Crippen LogP contribution in [-0.2, 0) is 4.79 Å². The fraction of sp³-hybridized carbons (Fsp3) is 0.857. The van der Waals surface area contributed by atoms with Crippen LogP contribution in [0, 0.1) is 22.2 Å². The lowest BCUT2D eigenvalue weighted by Gasteiger charge is -2.64. The fourth-order valence-corrected chi connectivity index (χ4v) is 6.00. The number of carbonyl (C=O) groups excluding carboxylic acids is 1. The topological polar surface area (TPSA) is 67.2 Å². The molecule has 0 saturated heterocycles. The number of nitrogens with one attached hydrogen (secondary N) is 2. The number of hydrogen-bond acceptors (Lipinski definition) is 2. The Bertz CT molecular complexity index is 432. The molecule has 4 fully saturated rings. The van der Waals surface area contributed by atoms with E-state index >= 15 is 0 Å². The number of rotatable bonds is 1. The normalized spacial score (nSPS) is 46.9. The van der Waals surface area contributed by atoms with E-state index in [1.807, 2.05) is 0 Å². The van der Waals surface area contributed by atoms with E-state index < -0.39 is 0 Å². The van der Waals surface area contributed by atoms with Crippen molar-refractivity contribution in [1.29, 1.82) is 0 Å². The quantitative estimate of drug-likeness (QED) is 0.507. The lowest BCUT2D eigenvalue weighted by atomic mass is 9.40. The molecule has 4 nitrogen and oxygen atoms in total. The molecule has 4 saturated carbocycles. The number of amides is 1. The number of thiocarbonyl (C=S) groups is 1. The highest BCUT2D eigenvalue weighted by Gasteiger charge is 2.62. The van der Waals surface area contributed by atoms with Crippen LogP contribution < -0.4 is 16.6 Å². The van der Waals surface area contributed by atoms with Gasteiger partial charge >= 0.3 is 0 Å². The Kier molecular flexibility index (Phi) is 2.66. The van der Waals surface area contributed by atoms with Crippen molar-refractivity contribution in [2.24, 2.45) is 27.9 Å². The molecule has 0 unspecified atom stereocenters. The van der Waals surface area contributed by atoms with Crippen LogP contribution >= 0.6 is 12.2 Å². The van der Waals surface area contributed by atoms with E-state index in [0.717, 1.165) is 19.3 Å². The summed E-state index contributed by atoms with van der Waals surface area (Å²) in [6, 6.07) is 0. The van der Waals surface area contributed by atoms with Crippen molar-refractivity contribution in [3.05, 3.63) is 0 Å². The third kappa shape index (κ3) is 2.12. The van der Waals surface area contributed by atoms with Crippen LogP contribution in [0.15, 0.2) is 0 Å². The molecule has 0 aliphatic heterocycles. The van der Waals surface area contributed by atoms with Crippen molar-refractivity contribution in [3.8, 4) is 0 Å². The molecule has 4 N–H and O–H groups in total. The zero-order chi connectivity index (χ0) is 13.9. The van der Waals surface area contributed by atoms with Gasteiger partial charge in [-0.1, -0.05) is 13.8 Å². The summed E-state index contributed by atoms with van der Waals surface area (Å²) in [5.41, 5.74) is 11.2. The van der Waals surface area contributed by atoms with Crippen LogP contribution in [0.3, 0.4) is 0 Å². The van der Waals surface area contributed by atoms with Gasteiger partial charge in [-0.3, -0.25) is 15.6 Å². The molecule has 0 radical (unpaired) electrons. The van der Waals surface area contributed by atoms with Crippen LogP contribution in [0.25, 0.3) is 0 Å². The number of hydrazine groups is 1. The smallest absolute Gasteiger partial charge is 0.244 e. The van der Waals surface area contributed by atoms with Gasteiger partial charge in [0, 0.05) is 0 Å². The Morgan fingerprint density at radius 1 is 1.11 bits per heavy atom. The van der Waals surface area contributed by atoms with Gasteiger partial charge in [0.1, 0.15) is 0 Å². The molecule has 2 atom stereocenters. The number of nitrogens with two attached hydrogens (primary N) is 1. The maximum absolute atomic E-state index is 12.6. The minimum absolute atomic E-state index is 0.0850. The lowest BCUT2D eigenvalue weighted by molar-refractivity contribution is -0.170. The van der Waals surface area contributed by atoms with Gasteiger partial charge in [0.2, 0.25) is 5.91 Å². The maximum Gasteiger partial charge on any atom is 0.244 e. The summed E-state index contributed by atoms with van der Waals surface area (Å²) in [5.74, 6) is 0.795. The molecule has 106 valence electrons. The summed E-state index contributed by atoms with van der Waals surface area (Å²) >= 11 is 4.75. The summed E-state index contributed by atoms with van der Waals surface area (Å²) in [4.78, 5) is 12.6. The van der Waals surface area contributed by atoms with Crippen LogP contribution in [0.2, 0.25) is 0 Å². The van der Waals surface area contributed by atoms with E-state index in [1.165, 1.54) is 19.3 Å². The maximum atomic E-state index is 12.6. The molecule has 0 aromatic rings. The molecule has 4 aliphatic rings. The van der Waals surface area contributed by atoms with Crippen LogP contribution in [0.4, 0.5) is 0 Å². The van der Waals surface area contributed by atoms with Crippen molar-refractivity contribution in [2.45, 2.75) is 52.4 Å². The molecule has 0 heterocycles. The number of hydrogen-bond donors (Lipinski definition) is 3. The molecule has 0 spiro atoms. The van der Waals surface area contributed by atoms with E-state index in [1.54, 1.807) is 0 Å². The standard InChI is InChI=1S/C14H23N3OS/c1-12-3-9-4-13(2,6-12)8-14(5-9,7-12)10(18)16-17-11(15)19/h9H,3-8H2,1-2H3,(H,16,18)(H3,15,17,19)/t9?,12-,13-,14?/m1/s1. The van der Waals surface area contributed by atoms with Crippen molar-refractivity contribution in [2.75, 3.05) is 0 Å². The molecule has 1 amide bonds. The van der Waals surface area contributed by atoms with Crippen LogP contribution in [0.5, 0.6) is 0 Å². The Labute approximate surface area is 119 Å². The van der Waals surface area contributed by atoms with Gasteiger partial charge in [-0.2, -0.15) is 0 Å². The SMILES string of the molecule is C[C@]12CC3CC(C(=O)NNC(N)=S)(C1)C[C@](C)(C3)C2. The lowest BCUT2D eigenvalue weighted by Crippen LogP contribution is -2.61. The molecule has 19 heavy (non-hydrogen) atoms. The Balaban J connectivity index is 1.84. The summed E-state index contributed by atoms with van der Waals surface area (Å²) in [7, 11) is 0. The highest BCUT2D eigenvalue weighted by Crippen LogP contribution is 2.69. The van der Waals surface area contributed by atoms with Gasteiger partial charge in [0.05, 0.1) is 5.41 Å². The molecule has 0 aromatic heterocycles. The summed E-state index contributed by atoms with van der Waals surface area (Å²) in [6.07, 6.45) is 6.91. The largest absolute Gasteiger partial charge is 0.375 e. The Morgan fingerprint density at radius 2 is 1.68 bits per heavy atom. The van der Waals surface area contributed by atoms with E-state index in [2.05, 4.69) is 24.7 Å². The first-order valence-corrected chi connectivity index (χ1v) is 7.51. The molecule has 4 aliphatic carbocycles. The monoisotopic (exact) mass is 281 g/mol. The predicted octanol–water partition coefficient (Wildman–Crippen LogP) is 1.85. The van der Waals surface area contributed by atoms with E-state index in [9.17, 15) is 4.79 Å². The van der Waals surface area contributed by atoms with Crippen LogP contribution in [0.1, 0.15) is 52.4 Å². The molecule has 5 heteroatoms. The first kappa shape index (κ1) is 13.2. The van der Waals surface area contributed by atoms with Crippen molar-refractivity contribution in [3.63, 3.8) is 0 Å². The van der Waals surface area contributed by atoms with Crippen molar-refractivity contribution >= 4 is 23.2 Å². The Hall–Kier alpha value is -0.840. The molecule has 4 rings (SSSR count). The Morgan fingerprint density at radius 3 is 2.16 bits per heavy atom. The number of carbonyl (C=O) groups is 1. The van der Waals surface area contributed by atoms with Crippen molar-refractivity contribution < 1.29 is 4.79 Å². The molecular formula is C14H23N3OS. The second-order valence-corrected chi connectivity index (χ2v) is 8.29. The minimum atomic E-state index is -0.208. The first-order valence-electron chi connectivity index (χ1n) is 7.10. The average molecular weight is 281 g/mol. The van der Waals surface area contributed by atoms with Crippen molar-refractivity contribution in [1.82, 2.24) is 10.9 Å². The molecule has 4 bridgehead atoms. The zero-order valence-electron chi connectivity index (χ0n) is 11.7. The second-order valence-electron chi connectivity index (χ2n) is 7.85.